The molecule has 3 aromatic heterocycles. The van der Waals surface area contributed by atoms with Crippen LogP contribution < -0.4 is 0 Å². The minimum Gasteiger partial charge on any atom is -0.359 e. The molecular formula is C16H15FN4O. The molecule has 0 aliphatic rings. The highest BCUT2D eigenvalue weighted by molar-refractivity contribution is 5.52. The minimum absolute atomic E-state index is 0.305. The molecule has 5 nitrogen and oxygen atoms in total. The van der Waals surface area contributed by atoms with Crippen molar-refractivity contribution in [3.8, 4) is 11.4 Å². The molecule has 0 saturated heterocycles. The summed E-state index contributed by atoms with van der Waals surface area (Å²) in [5, 5.41) is 4.02. The zero-order valence-corrected chi connectivity index (χ0v) is 12.1. The molecule has 0 aromatic carbocycles. The van der Waals surface area contributed by atoms with Crippen molar-refractivity contribution in [3.63, 3.8) is 0 Å². The second-order valence-electron chi connectivity index (χ2n) is 5.03. The van der Waals surface area contributed by atoms with E-state index in [9.17, 15) is 4.39 Å². The van der Waals surface area contributed by atoms with Crippen LogP contribution in [0.3, 0.4) is 0 Å². The summed E-state index contributed by atoms with van der Waals surface area (Å²) in [7, 11) is 1.89. The Hall–Kier alpha value is -2.60. The van der Waals surface area contributed by atoms with Crippen molar-refractivity contribution in [1.82, 2.24) is 20.0 Å². The van der Waals surface area contributed by atoms with Gasteiger partial charge >= 0.3 is 0 Å². The first-order chi connectivity index (χ1) is 10.7. The lowest BCUT2D eigenvalue weighted by molar-refractivity contribution is 0.264. The molecule has 0 aliphatic heterocycles. The predicted molar refractivity (Wildman–Crippen MR) is 79.1 cm³/mol. The average molecular weight is 298 g/mol. The first kappa shape index (κ1) is 14.3. The van der Waals surface area contributed by atoms with E-state index >= 15 is 0 Å². The summed E-state index contributed by atoms with van der Waals surface area (Å²) in [4.78, 5) is 9.92. The van der Waals surface area contributed by atoms with Crippen LogP contribution >= 0.6 is 0 Å². The van der Waals surface area contributed by atoms with E-state index in [4.69, 9.17) is 4.52 Å². The Labute approximate surface area is 127 Å². The van der Waals surface area contributed by atoms with Gasteiger partial charge in [-0.2, -0.15) is 0 Å². The van der Waals surface area contributed by atoms with E-state index in [-0.39, 0.29) is 5.82 Å². The Morgan fingerprint density at radius 3 is 2.82 bits per heavy atom. The predicted octanol–water partition coefficient (Wildman–Crippen LogP) is 2.90. The van der Waals surface area contributed by atoms with Gasteiger partial charge in [0.25, 0.3) is 0 Å². The van der Waals surface area contributed by atoms with E-state index in [0.717, 1.165) is 5.69 Å². The van der Waals surface area contributed by atoms with Gasteiger partial charge in [0, 0.05) is 30.6 Å². The van der Waals surface area contributed by atoms with Crippen LogP contribution in [0.15, 0.2) is 53.4 Å². The Bertz CT molecular complexity index is 745. The zero-order valence-electron chi connectivity index (χ0n) is 12.1. The number of hydrogen-bond donors (Lipinski definition) is 0. The van der Waals surface area contributed by atoms with Crippen LogP contribution in [0.1, 0.15) is 11.3 Å². The van der Waals surface area contributed by atoms with Gasteiger partial charge in [-0.05, 0) is 25.2 Å². The van der Waals surface area contributed by atoms with Crippen LogP contribution in [0.5, 0.6) is 0 Å². The molecule has 0 amide bonds. The topological polar surface area (TPSA) is 55.1 Å². The Morgan fingerprint density at radius 1 is 1.14 bits per heavy atom. The summed E-state index contributed by atoms with van der Waals surface area (Å²) in [5.41, 5.74) is 2.06. The maximum absolute atomic E-state index is 13.6. The fourth-order valence-electron chi connectivity index (χ4n) is 2.17. The third-order valence-electron chi connectivity index (χ3n) is 3.21. The van der Waals surface area contributed by atoms with Crippen LogP contribution in [0.25, 0.3) is 11.4 Å². The maximum Gasteiger partial charge on any atom is 0.151 e. The molecule has 0 bridgehead atoms. The lowest BCUT2D eigenvalue weighted by Crippen LogP contribution is -2.17. The molecule has 0 saturated carbocycles. The standard InChI is InChI=1S/C16H15FN4O/c1-21(10-12-5-7-18-9-14(12)17)11-13-8-16(20-22-13)15-4-2-3-6-19-15/h2-9H,10-11H2,1H3. The van der Waals surface area contributed by atoms with Crippen LogP contribution in [0, 0.1) is 5.82 Å². The summed E-state index contributed by atoms with van der Waals surface area (Å²) in [6.07, 6.45) is 4.51. The quantitative estimate of drug-likeness (QED) is 0.725. The summed E-state index contributed by atoms with van der Waals surface area (Å²) in [6.45, 7) is 0.996. The molecule has 6 heteroatoms. The van der Waals surface area contributed by atoms with E-state index < -0.39 is 0 Å². The van der Waals surface area contributed by atoms with Gasteiger partial charge in [0.15, 0.2) is 5.76 Å². The van der Waals surface area contributed by atoms with Gasteiger partial charge in [-0.15, -0.1) is 0 Å². The van der Waals surface area contributed by atoms with Crippen LogP contribution in [0.2, 0.25) is 0 Å². The smallest absolute Gasteiger partial charge is 0.151 e. The Morgan fingerprint density at radius 2 is 2.05 bits per heavy atom. The van der Waals surface area contributed by atoms with Crippen molar-refractivity contribution in [2.75, 3.05) is 7.05 Å². The first-order valence-electron chi connectivity index (χ1n) is 6.86. The summed E-state index contributed by atoms with van der Waals surface area (Å²) >= 11 is 0. The van der Waals surface area contributed by atoms with E-state index in [1.807, 2.05) is 36.2 Å². The molecule has 0 aliphatic carbocycles. The van der Waals surface area contributed by atoms with E-state index in [1.54, 1.807) is 18.5 Å². The molecule has 0 radical (unpaired) electrons. The lowest BCUT2D eigenvalue weighted by Gasteiger charge is -2.14. The van der Waals surface area contributed by atoms with Gasteiger partial charge in [0.1, 0.15) is 11.5 Å². The van der Waals surface area contributed by atoms with Crippen molar-refractivity contribution < 1.29 is 8.91 Å². The van der Waals surface area contributed by atoms with Gasteiger partial charge in [-0.25, -0.2) is 4.39 Å². The molecular weight excluding hydrogens is 283 g/mol. The average Bonchev–Trinajstić information content (AvgIpc) is 2.99. The van der Waals surface area contributed by atoms with Crippen LogP contribution in [0.4, 0.5) is 4.39 Å². The molecule has 3 aromatic rings. The van der Waals surface area contributed by atoms with E-state index in [1.165, 1.54) is 6.20 Å². The number of halogens is 1. The second kappa shape index (κ2) is 6.44. The van der Waals surface area contributed by atoms with Gasteiger partial charge in [-0.1, -0.05) is 11.2 Å². The van der Waals surface area contributed by atoms with Gasteiger partial charge in [0.2, 0.25) is 0 Å². The first-order valence-corrected chi connectivity index (χ1v) is 6.86. The van der Waals surface area contributed by atoms with E-state index in [0.29, 0.717) is 30.1 Å². The highest BCUT2D eigenvalue weighted by Crippen LogP contribution is 2.17. The van der Waals surface area contributed by atoms with Gasteiger partial charge in [-0.3, -0.25) is 14.9 Å². The number of rotatable bonds is 5. The SMILES string of the molecule is CN(Cc1cc(-c2ccccn2)no1)Cc1ccncc1F. The molecule has 0 atom stereocenters. The fraction of sp³-hybridized carbons (Fsp3) is 0.188. The second-order valence-corrected chi connectivity index (χ2v) is 5.03. The Balaban J connectivity index is 1.66. The number of pyridine rings is 2. The fourth-order valence-corrected chi connectivity index (χ4v) is 2.17. The van der Waals surface area contributed by atoms with Crippen LogP contribution in [-0.2, 0) is 13.1 Å². The van der Waals surface area contributed by atoms with E-state index in [2.05, 4.69) is 15.1 Å². The minimum atomic E-state index is -0.305. The summed E-state index contributed by atoms with van der Waals surface area (Å²) in [5.74, 6) is 0.402. The largest absolute Gasteiger partial charge is 0.359 e. The lowest BCUT2D eigenvalue weighted by atomic mass is 10.2. The van der Waals surface area contributed by atoms with Crippen molar-refractivity contribution in [1.29, 1.82) is 0 Å². The summed E-state index contributed by atoms with van der Waals surface area (Å²) < 4.78 is 18.9. The number of hydrogen-bond acceptors (Lipinski definition) is 5. The maximum atomic E-state index is 13.6. The molecule has 0 N–H and O–H groups in total. The zero-order chi connectivity index (χ0) is 15.4. The Kier molecular flexibility index (Phi) is 4.20. The molecule has 0 spiro atoms. The molecule has 3 rings (SSSR count). The van der Waals surface area contributed by atoms with Gasteiger partial charge < -0.3 is 4.52 Å². The molecule has 112 valence electrons. The highest BCUT2D eigenvalue weighted by Gasteiger charge is 2.11. The van der Waals surface area contributed by atoms with Crippen LogP contribution in [-0.4, -0.2) is 27.1 Å². The van der Waals surface area contributed by atoms with Gasteiger partial charge in [0.05, 0.1) is 18.4 Å². The molecule has 0 fully saturated rings. The van der Waals surface area contributed by atoms with Crippen molar-refractivity contribution in [2.24, 2.45) is 0 Å². The summed E-state index contributed by atoms with van der Waals surface area (Å²) in [6, 6.07) is 9.14. The number of nitrogens with zero attached hydrogens (tertiary/aromatic N) is 4. The third kappa shape index (κ3) is 3.35. The normalized spacial score (nSPS) is 11.0. The van der Waals surface area contributed by atoms with Crippen molar-refractivity contribution in [3.05, 3.63) is 66.1 Å². The molecule has 22 heavy (non-hydrogen) atoms. The molecule has 0 unspecified atom stereocenters. The monoisotopic (exact) mass is 298 g/mol. The molecule has 3 heterocycles. The highest BCUT2D eigenvalue weighted by atomic mass is 19.1. The third-order valence-corrected chi connectivity index (χ3v) is 3.21. The van der Waals surface area contributed by atoms with Crippen molar-refractivity contribution >= 4 is 0 Å². The van der Waals surface area contributed by atoms with Crippen molar-refractivity contribution in [2.45, 2.75) is 13.1 Å². The number of aromatic nitrogens is 3.